The van der Waals surface area contributed by atoms with Crippen molar-refractivity contribution < 1.29 is 13.9 Å². The molecule has 0 aliphatic carbocycles. The number of carbonyl (C=O) groups excluding carboxylic acids is 1. The second kappa shape index (κ2) is 5.81. The Bertz CT molecular complexity index is 992. The minimum absolute atomic E-state index is 0.215. The van der Waals surface area contributed by atoms with Gasteiger partial charge in [-0.3, -0.25) is 4.57 Å². The highest BCUT2D eigenvalue weighted by atomic mass is 16.5. The van der Waals surface area contributed by atoms with Crippen LogP contribution in [0.15, 0.2) is 51.7 Å². The van der Waals surface area contributed by atoms with E-state index in [9.17, 15) is 9.59 Å². The molecule has 3 aromatic rings. The number of fused-ring (bicyclic) bond motifs is 1. The molecule has 0 unspecified atom stereocenters. The Balaban J connectivity index is 2.08. The van der Waals surface area contributed by atoms with Crippen molar-refractivity contribution in [3.63, 3.8) is 0 Å². The number of hydrogen-bond acceptors (Lipinski definition) is 5. The number of aromatic nitrogens is 1. The van der Waals surface area contributed by atoms with E-state index in [2.05, 4.69) is 10.8 Å². The number of benzene rings is 2. The number of ether oxygens (including phenoxy) is 1. The maximum absolute atomic E-state index is 12.1. The number of esters is 1. The van der Waals surface area contributed by atoms with Crippen molar-refractivity contribution in [3.05, 3.63) is 69.7 Å². The van der Waals surface area contributed by atoms with Crippen LogP contribution in [-0.4, -0.2) is 17.6 Å². The molecule has 0 aliphatic rings. The summed E-state index contributed by atoms with van der Waals surface area (Å²) < 4.78 is 11.3. The number of oxazole rings is 1. The summed E-state index contributed by atoms with van der Waals surface area (Å²) in [6.45, 7) is 0.215. The quantitative estimate of drug-likeness (QED) is 0.693. The summed E-state index contributed by atoms with van der Waals surface area (Å²) in [5.74, 6) is -1.05. The summed E-state index contributed by atoms with van der Waals surface area (Å²) in [7, 11) is 1.28. The molecule has 6 nitrogen and oxygen atoms in total. The molecule has 3 rings (SSSR count). The predicted octanol–water partition coefficient (Wildman–Crippen LogP) is 2.30. The van der Waals surface area contributed by atoms with Gasteiger partial charge in [0.15, 0.2) is 5.58 Å². The molecule has 6 heteroatoms. The van der Waals surface area contributed by atoms with Crippen molar-refractivity contribution in [1.82, 2.24) is 4.57 Å². The third-order valence-corrected chi connectivity index (χ3v) is 3.56. The lowest BCUT2D eigenvalue weighted by molar-refractivity contribution is 0.0601. The lowest BCUT2D eigenvalue weighted by Crippen LogP contribution is -2.15. The molecule has 0 atom stereocenters. The average molecular weight is 308 g/mol. The molecule has 1 aromatic heterocycles. The van der Waals surface area contributed by atoms with Crippen LogP contribution in [0.3, 0.4) is 0 Å². The Morgan fingerprint density at radius 1 is 1.30 bits per heavy atom. The van der Waals surface area contributed by atoms with E-state index in [-0.39, 0.29) is 6.54 Å². The molecule has 0 aliphatic heterocycles. The van der Waals surface area contributed by atoms with Gasteiger partial charge in [-0.25, -0.2) is 9.59 Å². The topological polar surface area (TPSA) is 85.2 Å². The third-order valence-electron chi connectivity index (χ3n) is 3.56. The second-order valence-corrected chi connectivity index (χ2v) is 4.90. The zero-order valence-electron chi connectivity index (χ0n) is 12.3. The molecule has 23 heavy (non-hydrogen) atoms. The molecule has 0 saturated carbocycles. The van der Waals surface area contributed by atoms with Crippen molar-refractivity contribution in [2.24, 2.45) is 0 Å². The van der Waals surface area contributed by atoms with Crippen molar-refractivity contribution in [1.29, 1.82) is 5.26 Å². The van der Waals surface area contributed by atoms with Gasteiger partial charge in [-0.05, 0) is 29.8 Å². The standard InChI is InChI=1S/C17H12N2O4/c1-22-16(20)11-6-7-14-15(8-11)23-17(21)19(14)10-13-5-3-2-4-12(13)9-18/h2-8H,10H2,1H3. The van der Waals surface area contributed by atoms with Crippen LogP contribution < -0.4 is 5.76 Å². The van der Waals surface area contributed by atoms with Crippen LogP contribution in [0.25, 0.3) is 11.1 Å². The molecule has 0 radical (unpaired) electrons. The second-order valence-electron chi connectivity index (χ2n) is 4.90. The van der Waals surface area contributed by atoms with E-state index >= 15 is 0 Å². The SMILES string of the molecule is COC(=O)c1ccc2c(c1)oc(=O)n2Cc1ccccc1C#N. The number of rotatable bonds is 3. The smallest absolute Gasteiger partial charge is 0.420 e. The molecule has 0 fully saturated rings. The molecule has 1 heterocycles. The van der Waals surface area contributed by atoms with Crippen LogP contribution in [0.5, 0.6) is 0 Å². The first-order valence-electron chi connectivity index (χ1n) is 6.83. The minimum atomic E-state index is -0.547. The van der Waals surface area contributed by atoms with Gasteiger partial charge in [0.05, 0.1) is 36.4 Å². The Kier molecular flexibility index (Phi) is 3.69. The first kappa shape index (κ1) is 14.6. The minimum Gasteiger partial charge on any atom is -0.465 e. The van der Waals surface area contributed by atoms with Crippen LogP contribution in [0.2, 0.25) is 0 Å². The van der Waals surface area contributed by atoms with Crippen LogP contribution in [0.4, 0.5) is 0 Å². The lowest BCUT2D eigenvalue weighted by atomic mass is 10.1. The Morgan fingerprint density at radius 3 is 2.83 bits per heavy atom. The van der Waals surface area contributed by atoms with E-state index in [0.717, 1.165) is 5.56 Å². The first-order valence-corrected chi connectivity index (χ1v) is 6.83. The number of carbonyl (C=O) groups is 1. The zero-order chi connectivity index (χ0) is 16.4. The van der Waals surface area contributed by atoms with Crippen LogP contribution in [0, 0.1) is 11.3 Å². The Hall–Kier alpha value is -3.33. The van der Waals surface area contributed by atoms with Crippen LogP contribution in [0.1, 0.15) is 21.5 Å². The molecule has 0 amide bonds. The van der Waals surface area contributed by atoms with Gasteiger partial charge in [-0.1, -0.05) is 18.2 Å². The van der Waals surface area contributed by atoms with E-state index < -0.39 is 11.7 Å². The highest BCUT2D eigenvalue weighted by molar-refractivity contribution is 5.93. The summed E-state index contributed by atoms with van der Waals surface area (Å²) in [4.78, 5) is 23.6. The van der Waals surface area contributed by atoms with Crippen molar-refractivity contribution >= 4 is 17.1 Å². The van der Waals surface area contributed by atoms with Gasteiger partial charge in [0.1, 0.15) is 0 Å². The highest BCUT2D eigenvalue weighted by Crippen LogP contribution is 2.18. The molecule has 0 N–H and O–H groups in total. The van der Waals surface area contributed by atoms with Gasteiger partial charge in [-0.15, -0.1) is 0 Å². The van der Waals surface area contributed by atoms with Crippen LogP contribution >= 0.6 is 0 Å². The monoisotopic (exact) mass is 308 g/mol. The largest absolute Gasteiger partial charge is 0.465 e. The van der Waals surface area contributed by atoms with Crippen molar-refractivity contribution in [2.45, 2.75) is 6.54 Å². The van der Waals surface area contributed by atoms with E-state index in [1.807, 2.05) is 0 Å². The highest BCUT2D eigenvalue weighted by Gasteiger charge is 2.14. The van der Waals surface area contributed by atoms with Gasteiger partial charge < -0.3 is 9.15 Å². The fourth-order valence-electron chi connectivity index (χ4n) is 2.40. The van der Waals surface area contributed by atoms with Crippen molar-refractivity contribution in [3.8, 4) is 6.07 Å². The molecule has 2 aromatic carbocycles. The van der Waals surface area contributed by atoms with E-state index in [0.29, 0.717) is 22.2 Å². The molecule has 0 spiro atoms. The summed E-state index contributed by atoms with van der Waals surface area (Å²) in [5, 5.41) is 9.14. The third kappa shape index (κ3) is 2.60. The maximum atomic E-state index is 12.1. The van der Waals surface area contributed by atoms with E-state index in [1.165, 1.54) is 17.7 Å². The summed E-state index contributed by atoms with van der Waals surface area (Å²) >= 11 is 0. The normalized spacial score (nSPS) is 10.4. The van der Waals surface area contributed by atoms with E-state index in [1.54, 1.807) is 36.4 Å². The molecular weight excluding hydrogens is 296 g/mol. The summed E-state index contributed by atoms with van der Waals surface area (Å²) in [6, 6.07) is 13.8. The number of methoxy groups -OCH3 is 1. The number of nitriles is 1. The zero-order valence-corrected chi connectivity index (χ0v) is 12.3. The van der Waals surface area contributed by atoms with Gasteiger partial charge in [-0.2, -0.15) is 5.26 Å². The fourth-order valence-corrected chi connectivity index (χ4v) is 2.40. The van der Waals surface area contributed by atoms with Crippen LogP contribution in [-0.2, 0) is 11.3 Å². The fraction of sp³-hybridized carbons (Fsp3) is 0.118. The van der Waals surface area contributed by atoms with E-state index in [4.69, 9.17) is 9.68 Å². The summed E-state index contributed by atoms with van der Waals surface area (Å²) in [5.41, 5.74) is 2.37. The number of hydrogen-bond donors (Lipinski definition) is 0. The van der Waals surface area contributed by atoms with Gasteiger partial charge in [0.2, 0.25) is 0 Å². The van der Waals surface area contributed by atoms with Gasteiger partial charge >= 0.3 is 11.7 Å². The Morgan fingerprint density at radius 2 is 2.09 bits per heavy atom. The number of nitrogens with zero attached hydrogens (tertiary/aromatic N) is 2. The molecule has 0 bridgehead atoms. The summed E-state index contributed by atoms with van der Waals surface area (Å²) in [6.07, 6.45) is 0. The average Bonchev–Trinajstić information content (AvgIpc) is 2.89. The van der Waals surface area contributed by atoms with Gasteiger partial charge in [0.25, 0.3) is 0 Å². The molecule has 114 valence electrons. The first-order chi connectivity index (χ1) is 11.1. The molecule has 0 saturated heterocycles. The van der Waals surface area contributed by atoms with Crippen molar-refractivity contribution in [2.75, 3.05) is 7.11 Å². The maximum Gasteiger partial charge on any atom is 0.420 e. The predicted molar refractivity (Wildman–Crippen MR) is 82.1 cm³/mol. The lowest BCUT2D eigenvalue weighted by Gasteiger charge is -2.05. The Labute approximate surface area is 131 Å². The van der Waals surface area contributed by atoms with Gasteiger partial charge in [0, 0.05) is 0 Å². The molecular formula is C17H12N2O4.